The summed E-state index contributed by atoms with van der Waals surface area (Å²) in [7, 11) is -3.25. The van der Waals surface area contributed by atoms with Crippen molar-refractivity contribution in [3.8, 4) is 0 Å². The summed E-state index contributed by atoms with van der Waals surface area (Å²) in [5.74, 6) is 0.0196. The molecule has 16 heavy (non-hydrogen) atoms. The fourth-order valence-corrected chi connectivity index (χ4v) is 2.70. The molecule has 0 saturated heterocycles. The van der Waals surface area contributed by atoms with Crippen molar-refractivity contribution in [1.82, 2.24) is 0 Å². The van der Waals surface area contributed by atoms with E-state index in [1.54, 1.807) is 31.2 Å². The lowest BCUT2D eigenvalue weighted by Gasteiger charge is -2.18. The Hall–Kier alpha value is -0.580. The van der Waals surface area contributed by atoms with E-state index in [2.05, 4.69) is 0 Å². The van der Waals surface area contributed by atoms with Crippen LogP contribution in [0.4, 0.5) is 0 Å². The van der Waals surface area contributed by atoms with Gasteiger partial charge in [-0.05, 0) is 24.6 Å². The van der Waals surface area contributed by atoms with Crippen LogP contribution < -0.4 is 0 Å². The van der Waals surface area contributed by atoms with E-state index in [4.69, 9.17) is 11.6 Å². The maximum absolute atomic E-state index is 11.6. The quantitative estimate of drug-likeness (QED) is 0.905. The normalized spacial score (nSPS) is 15.8. The standard InChI is InChI=1S/C11H15ClO3S/c1-3-16(14,15)8(2)11(13)9-5-4-6-10(12)7-9/h4-8,11,13H,3H2,1-2H3/t8-,11+/m0/s1. The molecule has 1 aromatic rings. The van der Waals surface area contributed by atoms with Crippen LogP contribution in [-0.4, -0.2) is 24.5 Å². The van der Waals surface area contributed by atoms with E-state index < -0.39 is 21.2 Å². The number of hydrogen-bond donors (Lipinski definition) is 1. The monoisotopic (exact) mass is 262 g/mol. The molecule has 5 heteroatoms. The Bertz CT molecular complexity index is 456. The molecule has 0 heterocycles. The molecule has 0 aliphatic heterocycles. The van der Waals surface area contributed by atoms with Crippen LogP contribution in [0.5, 0.6) is 0 Å². The van der Waals surface area contributed by atoms with Crippen LogP contribution in [0, 0.1) is 0 Å². The zero-order valence-corrected chi connectivity index (χ0v) is 10.8. The maximum Gasteiger partial charge on any atom is 0.155 e. The van der Waals surface area contributed by atoms with Crippen molar-refractivity contribution in [1.29, 1.82) is 0 Å². The summed E-state index contributed by atoms with van der Waals surface area (Å²) in [6.07, 6.45) is -1.04. The second-order valence-electron chi connectivity index (χ2n) is 3.66. The van der Waals surface area contributed by atoms with Crippen LogP contribution in [0.15, 0.2) is 24.3 Å². The SMILES string of the molecule is CCS(=O)(=O)[C@@H](C)[C@@H](O)c1cccc(Cl)c1. The van der Waals surface area contributed by atoms with Gasteiger partial charge in [-0.15, -0.1) is 0 Å². The summed E-state index contributed by atoms with van der Waals surface area (Å²) >= 11 is 5.78. The summed E-state index contributed by atoms with van der Waals surface area (Å²) in [5.41, 5.74) is 0.525. The average molecular weight is 263 g/mol. The van der Waals surface area contributed by atoms with Crippen LogP contribution in [-0.2, 0) is 9.84 Å². The largest absolute Gasteiger partial charge is 0.387 e. The second kappa shape index (κ2) is 5.17. The Kier molecular flexibility index (Phi) is 4.35. The van der Waals surface area contributed by atoms with E-state index in [0.29, 0.717) is 10.6 Å². The molecule has 0 radical (unpaired) electrons. The highest BCUT2D eigenvalue weighted by atomic mass is 35.5. The molecule has 0 spiro atoms. The molecule has 0 aromatic heterocycles. The molecule has 0 amide bonds. The molecule has 2 atom stereocenters. The van der Waals surface area contributed by atoms with E-state index >= 15 is 0 Å². The fraction of sp³-hybridized carbons (Fsp3) is 0.455. The predicted molar refractivity (Wildman–Crippen MR) is 65.3 cm³/mol. The molecular formula is C11H15ClO3S. The minimum absolute atomic E-state index is 0.0196. The number of halogens is 1. The van der Waals surface area contributed by atoms with Gasteiger partial charge in [-0.1, -0.05) is 30.7 Å². The summed E-state index contributed by atoms with van der Waals surface area (Å²) < 4.78 is 23.2. The van der Waals surface area contributed by atoms with E-state index in [9.17, 15) is 13.5 Å². The molecular weight excluding hydrogens is 248 g/mol. The zero-order valence-electron chi connectivity index (χ0n) is 9.22. The van der Waals surface area contributed by atoms with Crippen molar-refractivity contribution < 1.29 is 13.5 Å². The van der Waals surface area contributed by atoms with Gasteiger partial charge in [0, 0.05) is 10.8 Å². The number of rotatable bonds is 4. The minimum Gasteiger partial charge on any atom is -0.387 e. The van der Waals surface area contributed by atoms with E-state index in [0.717, 1.165) is 0 Å². The highest BCUT2D eigenvalue weighted by Gasteiger charge is 2.27. The maximum atomic E-state index is 11.6. The van der Waals surface area contributed by atoms with E-state index in [1.165, 1.54) is 6.92 Å². The van der Waals surface area contributed by atoms with Gasteiger partial charge in [0.05, 0.1) is 11.4 Å². The Labute approximate surface area is 101 Å². The topological polar surface area (TPSA) is 54.4 Å². The third-order valence-electron chi connectivity index (χ3n) is 2.60. The lowest BCUT2D eigenvalue weighted by atomic mass is 10.1. The van der Waals surface area contributed by atoms with Crippen molar-refractivity contribution in [2.75, 3.05) is 5.75 Å². The number of sulfone groups is 1. The molecule has 0 saturated carbocycles. The predicted octanol–water partition coefficient (Wildman–Crippen LogP) is 2.20. The number of benzene rings is 1. The Balaban J connectivity index is 2.99. The summed E-state index contributed by atoms with van der Waals surface area (Å²) in [5, 5.41) is 9.60. The van der Waals surface area contributed by atoms with Gasteiger partial charge in [0.2, 0.25) is 0 Å². The summed E-state index contributed by atoms with van der Waals surface area (Å²) in [6, 6.07) is 6.61. The van der Waals surface area contributed by atoms with Gasteiger partial charge < -0.3 is 5.11 Å². The Morgan fingerprint density at radius 1 is 1.44 bits per heavy atom. The van der Waals surface area contributed by atoms with Crippen molar-refractivity contribution in [2.24, 2.45) is 0 Å². The smallest absolute Gasteiger partial charge is 0.155 e. The van der Waals surface area contributed by atoms with Gasteiger partial charge in [0.1, 0.15) is 0 Å². The first-order chi connectivity index (χ1) is 7.38. The van der Waals surface area contributed by atoms with Crippen LogP contribution >= 0.6 is 11.6 Å². The Morgan fingerprint density at radius 2 is 2.06 bits per heavy atom. The molecule has 0 aliphatic carbocycles. The number of aliphatic hydroxyl groups is 1. The van der Waals surface area contributed by atoms with Gasteiger partial charge >= 0.3 is 0 Å². The highest BCUT2D eigenvalue weighted by Crippen LogP contribution is 2.24. The first-order valence-electron chi connectivity index (χ1n) is 5.03. The lowest BCUT2D eigenvalue weighted by molar-refractivity contribution is 0.176. The van der Waals surface area contributed by atoms with Gasteiger partial charge in [-0.3, -0.25) is 0 Å². The molecule has 0 unspecified atom stereocenters. The van der Waals surface area contributed by atoms with Crippen LogP contribution in [0.25, 0.3) is 0 Å². The number of hydrogen-bond acceptors (Lipinski definition) is 3. The van der Waals surface area contributed by atoms with Crippen LogP contribution in [0.2, 0.25) is 5.02 Å². The molecule has 0 fully saturated rings. The highest BCUT2D eigenvalue weighted by molar-refractivity contribution is 7.92. The second-order valence-corrected chi connectivity index (χ2v) is 6.74. The minimum atomic E-state index is -3.25. The van der Waals surface area contributed by atoms with Crippen molar-refractivity contribution in [3.05, 3.63) is 34.9 Å². The van der Waals surface area contributed by atoms with E-state index in [-0.39, 0.29) is 5.75 Å². The average Bonchev–Trinajstić information content (AvgIpc) is 2.27. The molecule has 1 N–H and O–H groups in total. The Morgan fingerprint density at radius 3 is 2.56 bits per heavy atom. The third-order valence-corrected chi connectivity index (χ3v) is 5.03. The molecule has 0 aliphatic rings. The summed E-state index contributed by atoms with van der Waals surface area (Å²) in [4.78, 5) is 0. The van der Waals surface area contributed by atoms with Crippen molar-refractivity contribution in [2.45, 2.75) is 25.2 Å². The molecule has 1 rings (SSSR count). The molecule has 1 aromatic carbocycles. The molecule has 3 nitrogen and oxygen atoms in total. The first kappa shape index (κ1) is 13.5. The zero-order chi connectivity index (χ0) is 12.3. The third kappa shape index (κ3) is 2.97. The van der Waals surface area contributed by atoms with Gasteiger partial charge in [0.15, 0.2) is 9.84 Å². The van der Waals surface area contributed by atoms with Crippen molar-refractivity contribution in [3.63, 3.8) is 0 Å². The van der Waals surface area contributed by atoms with Gasteiger partial charge in [0.25, 0.3) is 0 Å². The fourth-order valence-electron chi connectivity index (χ4n) is 1.42. The number of aliphatic hydroxyl groups excluding tert-OH is 1. The molecule has 0 bridgehead atoms. The summed E-state index contributed by atoms with van der Waals surface area (Å²) in [6.45, 7) is 3.07. The molecule has 90 valence electrons. The van der Waals surface area contributed by atoms with Crippen molar-refractivity contribution >= 4 is 21.4 Å². The van der Waals surface area contributed by atoms with Gasteiger partial charge in [-0.2, -0.15) is 0 Å². The van der Waals surface area contributed by atoms with Crippen LogP contribution in [0.1, 0.15) is 25.5 Å². The van der Waals surface area contributed by atoms with Crippen LogP contribution in [0.3, 0.4) is 0 Å². The first-order valence-corrected chi connectivity index (χ1v) is 7.13. The lowest BCUT2D eigenvalue weighted by Crippen LogP contribution is -2.26. The van der Waals surface area contributed by atoms with E-state index in [1.807, 2.05) is 0 Å². The van der Waals surface area contributed by atoms with Gasteiger partial charge in [-0.25, -0.2) is 8.42 Å².